The van der Waals surface area contributed by atoms with Gasteiger partial charge in [-0.25, -0.2) is 0 Å². The molecule has 0 aromatic carbocycles. The minimum Gasteiger partial charge on any atom is -0.412 e. The van der Waals surface area contributed by atoms with E-state index in [0.717, 1.165) is 19.3 Å². The molecule has 4 nitrogen and oxygen atoms in total. The summed E-state index contributed by atoms with van der Waals surface area (Å²) in [6.45, 7) is 2.02. The van der Waals surface area contributed by atoms with Gasteiger partial charge in [0.2, 0.25) is 0 Å². The monoisotopic (exact) mass is 186 g/mol. The molecule has 2 aliphatic rings. The highest BCUT2D eigenvalue weighted by Gasteiger charge is 2.48. The Morgan fingerprint density at radius 2 is 1.92 bits per heavy atom. The van der Waals surface area contributed by atoms with Crippen LogP contribution in [-0.4, -0.2) is 17.4 Å². The van der Waals surface area contributed by atoms with Gasteiger partial charge >= 0.3 is 11.9 Å². The maximum absolute atomic E-state index is 11.2. The van der Waals surface area contributed by atoms with Gasteiger partial charge < -0.3 is 10.2 Å². The SMILES string of the molecule is CC1CCCC2C(=O)OC(=O)C12.O. The van der Waals surface area contributed by atoms with Gasteiger partial charge in [0.15, 0.2) is 0 Å². The molecule has 1 aliphatic heterocycles. The average Bonchev–Trinajstić information content (AvgIpc) is 2.29. The second-order valence-corrected chi connectivity index (χ2v) is 3.78. The van der Waals surface area contributed by atoms with Crippen LogP contribution in [0.3, 0.4) is 0 Å². The first-order chi connectivity index (χ1) is 5.70. The maximum atomic E-state index is 11.2. The van der Waals surface area contributed by atoms with Gasteiger partial charge in [-0.2, -0.15) is 0 Å². The van der Waals surface area contributed by atoms with Gasteiger partial charge in [-0.1, -0.05) is 13.3 Å². The van der Waals surface area contributed by atoms with Crippen LogP contribution in [0.15, 0.2) is 0 Å². The zero-order valence-corrected chi connectivity index (χ0v) is 7.58. The molecule has 0 bridgehead atoms. The summed E-state index contributed by atoms with van der Waals surface area (Å²) in [5.41, 5.74) is 0. The van der Waals surface area contributed by atoms with Crippen molar-refractivity contribution in [1.29, 1.82) is 0 Å². The fourth-order valence-electron chi connectivity index (χ4n) is 2.32. The second kappa shape index (κ2) is 3.46. The van der Waals surface area contributed by atoms with E-state index in [9.17, 15) is 9.59 Å². The molecule has 0 spiro atoms. The predicted octanol–water partition coefficient (Wildman–Crippen LogP) is 0.297. The van der Waals surface area contributed by atoms with E-state index in [1.165, 1.54) is 0 Å². The molecule has 2 N–H and O–H groups in total. The lowest BCUT2D eigenvalue weighted by Gasteiger charge is -2.25. The molecule has 2 rings (SSSR count). The lowest BCUT2D eigenvalue weighted by atomic mass is 9.74. The molecule has 3 unspecified atom stereocenters. The fourth-order valence-corrected chi connectivity index (χ4v) is 2.32. The number of hydrogen-bond donors (Lipinski definition) is 0. The zero-order valence-electron chi connectivity index (χ0n) is 7.58. The summed E-state index contributed by atoms with van der Waals surface area (Å²) < 4.78 is 4.60. The maximum Gasteiger partial charge on any atom is 0.317 e. The van der Waals surface area contributed by atoms with Crippen molar-refractivity contribution in [2.45, 2.75) is 26.2 Å². The van der Waals surface area contributed by atoms with E-state index in [4.69, 9.17) is 0 Å². The molecule has 13 heavy (non-hydrogen) atoms. The van der Waals surface area contributed by atoms with Crippen molar-refractivity contribution in [3.05, 3.63) is 0 Å². The average molecular weight is 186 g/mol. The van der Waals surface area contributed by atoms with Crippen molar-refractivity contribution >= 4 is 11.9 Å². The Labute approximate surface area is 76.6 Å². The Morgan fingerprint density at radius 3 is 2.54 bits per heavy atom. The largest absolute Gasteiger partial charge is 0.412 e. The summed E-state index contributed by atoms with van der Waals surface area (Å²) in [7, 11) is 0. The third-order valence-corrected chi connectivity index (χ3v) is 3.00. The number of cyclic esters (lactones) is 2. The molecule has 4 heteroatoms. The molecule has 1 saturated carbocycles. The minimum atomic E-state index is -0.295. The van der Waals surface area contributed by atoms with Crippen LogP contribution in [0.2, 0.25) is 0 Å². The summed E-state index contributed by atoms with van der Waals surface area (Å²) in [4.78, 5) is 22.3. The highest BCUT2D eigenvalue weighted by atomic mass is 16.6. The molecule has 0 aromatic heterocycles. The number of carbonyl (C=O) groups excluding carboxylic acids is 2. The zero-order chi connectivity index (χ0) is 8.72. The Hall–Kier alpha value is -0.900. The molecule has 0 radical (unpaired) electrons. The summed E-state index contributed by atoms with van der Waals surface area (Å²) in [5, 5.41) is 0. The van der Waals surface area contributed by atoms with Crippen LogP contribution < -0.4 is 0 Å². The summed E-state index contributed by atoms with van der Waals surface area (Å²) >= 11 is 0. The molecular formula is C9H14O4. The quantitative estimate of drug-likeness (QED) is 0.403. The van der Waals surface area contributed by atoms with Crippen LogP contribution >= 0.6 is 0 Å². The molecular weight excluding hydrogens is 172 g/mol. The minimum absolute atomic E-state index is 0. The van der Waals surface area contributed by atoms with Crippen molar-refractivity contribution in [2.24, 2.45) is 17.8 Å². The van der Waals surface area contributed by atoms with Gasteiger partial charge in [0, 0.05) is 0 Å². The third-order valence-electron chi connectivity index (χ3n) is 3.00. The Balaban J connectivity index is 0.000000845. The van der Waals surface area contributed by atoms with Crippen LogP contribution in [0.4, 0.5) is 0 Å². The summed E-state index contributed by atoms with van der Waals surface area (Å²) in [5.74, 6) is -0.524. The molecule has 1 saturated heterocycles. The van der Waals surface area contributed by atoms with Crippen molar-refractivity contribution in [2.75, 3.05) is 0 Å². The first kappa shape index (κ1) is 10.2. The molecule has 74 valence electrons. The van der Waals surface area contributed by atoms with E-state index in [2.05, 4.69) is 4.74 Å². The van der Waals surface area contributed by atoms with E-state index < -0.39 is 0 Å². The fraction of sp³-hybridized carbons (Fsp3) is 0.778. The van der Waals surface area contributed by atoms with Gasteiger partial charge in [-0.05, 0) is 18.8 Å². The lowest BCUT2D eigenvalue weighted by molar-refractivity contribution is -0.154. The van der Waals surface area contributed by atoms with Crippen molar-refractivity contribution in [3.8, 4) is 0 Å². The van der Waals surface area contributed by atoms with Crippen LogP contribution in [0.25, 0.3) is 0 Å². The van der Waals surface area contributed by atoms with Gasteiger partial charge in [0.1, 0.15) is 0 Å². The number of rotatable bonds is 0. The van der Waals surface area contributed by atoms with E-state index in [-0.39, 0.29) is 29.3 Å². The number of esters is 2. The van der Waals surface area contributed by atoms with E-state index in [0.29, 0.717) is 5.92 Å². The Morgan fingerprint density at radius 1 is 1.23 bits per heavy atom. The van der Waals surface area contributed by atoms with E-state index >= 15 is 0 Å². The van der Waals surface area contributed by atoms with Crippen LogP contribution in [0, 0.1) is 17.8 Å². The standard InChI is InChI=1S/C9H12O3.H2O/c1-5-3-2-4-6-7(5)9(11)12-8(6)10;/h5-7H,2-4H2,1H3;1H2. The molecule has 0 amide bonds. The second-order valence-electron chi connectivity index (χ2n) is 3.78. The topological polar surface area (TPSA) is 74.9 Å². The summed E-state index contributed by atoms with van der Waals surface area (Å²) in [6.07, 6.45) is 2.92. The Kier molecular flexibility index (Phi) is 2.71. The van der Waals surface area contributed by atoms with Gasteiger partial charge in [0.05, 0.1) is 11.8 Å². The first-order valence-corrected chi connectivity index (χ1v) is 4.45. The third kappa shape index (κ3) is 1.46. The van der Waals surface area contributed by atoms with Crippen molar-refractivity contribution in [3.63, 3.8) is 0 Å². The van der Waals surface area contributed by atoms with E-state index in [1.54, 1.807) is 0 Å². The Bertz CT molecular complexity index is 236. The van der Waals surface area contributed by atoms with Crippen LogP contribution in [0.1, 0.15) is 26.2 Å². The summed E-state index contributed by atoms with van der Waals surface area (Å²) in [6, 6.07) is 0. The van der Waals surface area contributed by atoms with Gasteiger partial charge in [0.25, 0.3) is 0 Å². The number of carbonyl (C=O) groups is 2. The number of hydrogen-bond acceptors (Lipinski definition) is 3. The van der Waals surface area contributed by atoms with Crippen molar-refractivity contribution in [1.82, 2.24) is 0 Å². The normalized spacial score (nSPS) is 37.8. The lowest BCUT2D eigenvalue weighted by Crippen LogP contribution is -2.28. The number of fused-ring (bicyclic) bond motifs is 1. The molecule has 3 atom stereocenters. The van der Waals surface area contributed by atoms with Crippen LogP contribution in [-0.2, 0) is 14.3 Å². The molecule has 1 heterocycles. The van der Waals surface area contributed by atoms with E-state index in [1.807, 2.05) is 6.92 Å². The van der Waals surface area contributed by atoms with Gasteiger partial charge in [-0.15, -0.1) is 0 Å². The highest BCUT2D eigenvalue weighted by Crippen LogP contribution is 2.40. The van der Waals surface area contributed by atoms with Crippen LogP contribution in [0.5, 0.6) is 0 Å². The van der Waals surface area contributed by atoms with Crippen molar-refractivity contribution < 1.29 is 19.8 Å². The van der Waals surface area contributed by atoms with Gasteiger partial charge in [-0.3, -0.25) is 9.59 Å². The molecule has 0 aromatic rings. The number of ether oxygens (including phenoxy) is 1. The first-order valence-electron chi connectivity index (χ1n) is 4.45. The molecule has 1 aliphatic carbocycles. The predicted molar refractivity (Wildman–Crippen MR) is 44.7 cm³/mol. The smallest absolute Gasteiger partial charge is 0.317 e. The highest BCUT2D eigenvalue weighted by molar-refractivity contribution is 5.96. The molecule has 2 fully saturated rings.